The Morgan fingerprint density at radius 1 is 1.06 bits per heavy atom. The second-order valence-electron chi connectivity index (χ2n) is 5.26. The minimum Gasteiger partial charge on any atom is -0.481 e. The normalized spacial score (nSPS) is 24.1. The van der Waals surface area contributed by atoms with Gasteiger partial charge in [-0.15, -0.1) is 12.4 Å². The van der Waals surface area contributed by atoms with Crippen molar-refractivity contribution in [1.82, 2.24) is 0 Å². The SMILES string of the molecule is CCCCCCC[C@H]1CC[C@H](C(=O)O)CC1.Cl. The molecule has 1 fully saturated rings. The average Bonchev–Trinajstić information content (AvgIpc) is 2.29. The summed E-state index contributed by atoms with van der Waals surface area (Å²) in [4.78, 5) is 10.8. The van der Waals surface area contributed by atoms with Gasteiger partial charge in [0.05, 0.1) is 5.92 Å². The number of unbranched alkanes of at least 4 members (excludes halogenated alkanes) is 4. The predicted octanol–water partition coefficient (Wildman–Crippen LogP) is 4.66. The van der Waals surface area contributed by atoms with E-state index < -0.39 is 5.97 Å². The summed E-state index contributed by atoms with van der Waals surface area (Å²) >= 11 is 0. The maximum atomic E-state index is 10.8. The second-order valence-corrected chi connectivity index (χ2v) is 5.26. The topological polar surface area (TPSA) is 37.3 Å². The largest absolute Gasteiger partial charge is 0.481 e. The molecular formula is C14H27ClO2. The molecule has 1 N–H and O–H groups in total. The molecule has 102 valence electrons. The van der Waals surface area contributed by atoms with E-state index in [4.69, 9.17) is 5.11 Å². The zero-order valence-corrected chi connectivity index (χ0v) is 11.8. The Kier molecular flexibility index (Phi) is 9.62. The fraction of sp³-hybridized carbons (Fsp3) is 0.929. The summed E-state index contributed by atoms with van der Waals surface area (Å²) in [5.74, 6) is 0.190. The second kappa shape index (κ2) is 9.76. The van der Waals surface area contributed by atoms with E-state index in [0.717, 1.165) is 31.6 Å². The van der Waals surface area contributed by atoms with E-state index in [2.05, 4.69) is 6.92 Å². The number of hydrogen-bond acceptors (Lipinski definition) is 1. The summed E-state index contributed by atoms with van der Waals surface area (Å²) in [6.07, 6.45) is 12.2. The maximum Gasteiger partial charge on any atom is 0.306 e. The first kappa shape index (κ1) is 16.8. The minimum atomic E-state index is -0.582. The highest BCUT2D eigenvalue weighted by molar-refractivity contribution is 5.85. The van der Waals surface area contributed by atoms with Gasteiger partial charge in [-0.2, -0.15) is 0 Å². The smallest absolute Gasteiger partial charge is 0.306 e. The number of rotatable bonds is 7. The molecular weight excluding hydrogens is 236 g/mol. The summed E-state index contributed by atoms with van der Waals surface area (Å²) in [6.45, 7) is 2.24. The first-order valence-corrected chi connectivity index (χ1v) is 6.96. The molecule has 0 heterocycles. The van der Waals surface area contributed by atoms with E-state index in [-0.39, 0.29) is 18.3 Å². The monoisotopic (exact) mass is 262 g/mol. The molecule has 0 aromatic carbocycles. The highest BCUT2D eigenvalue weighted by Gasteiger charge is 2.25. The minimum absolute atomic E-state index is 0. The van der Waals surface area contributed by atoms with Crippen LogP contribution in [-0.2, 0) is 4.79 Å². The van der Waals surface area contributed by atoms with Crippen molar-refractivity contribution in [2.75, 3.05) is 0 Å². The van der Waals surface area contributed by atoms with Crippen LogP contribution in [0.25, 0.3) is 0 Å². The van der Waals surface area contributed by atoms with Gasteiger partial charge < -0.3 is 5.11 Å². The van der Waals surface area contributed by atoms with Gasteiger partial charge >= 0.3 is 5.97 Å². The molecule has 2 nitrogen and oxygen atoms in total. The molecule has 1 saturated carbocycles. The molecule has 0 amide bonds. The van der Waals surface area contributed by atoms with Crippen molar-refractivity contribution in [2.24, 2.45) is 11.8 Å². The molecule has 0 unspecified atom stereocenters. The van der Waals surface area contributed by atoms with E-state index in [1.807, 2.05) is 0 Å². The van der Waals surface area contributed by atoms with Crippen LogP contribution in [0.1, 0.15) is 71.1 Å². The number of carbonyl (C=O) groups is 1. The fourth-order valence-corrected chi connectivity index (χ4v) is 2.73. The quantitative estimate of drug-likeness (QED) is 0.678. The molecule has 0 spiro atoms. The number of hydrogen-bond donors (Lipinski definition) is 1. The lowest BCUT2D eigenvalue weighted by molar-refractivity contribution is -0.143. The Hall–Kier alpha value is -0.240. The first-order chi connectivity index (χ1) is 7.74. The van der Waals surface area contributed by atoms with Gasteiger partial charge in [-0.1, -0.05) is 45.4 Å². The molecule has 0 aromatic heterocycles. The molecule has 0 bridgehead atoms. The van der Waals surface area contributed by atoms with Gasteiger partial charge in [-0.05, 0) is 31.6 Å². The van der Waals surface area contributed by atoms with Gasteiger partial charge in [0, 0.05) is 0 Å². The Morgan fingerprint density at radius 2 is 1.65 bits per heavy atom. The summed E-state index contributed by atoms with van der Waals surface area (Å²) in [7, 11) is 0. The van der Waals surface area contributed by atoms with Crippen LogP contribution in [0, 0.1) is 11.8 Å². The molecule has 1 aliphatic rings. The van der Waals surface area contributed by atoms with Gasteiger partial charge in [0.1, 0.15) is 0 Å². The van der Waals surface area contributed by atoms with E-state index in [0.29, 0.717) is 0 Å². The van der Waals surface area contributed by atoms with Gasteiger partial charge in [0.25, 0.3) is 0 Å². The van der Waals surface area contributed by atoms with E-state index >= 15 is 0 Å². The summed E-state index contributed by atoms with van der Waals surface area (Å²) in [6, 6.07) is 0. The van der Waals surface area contributed by atoms with Crippen molar-refractivity contribution >= 4 is 18.4 Å². The van der Waals surface area contributed by atoms with E-state index in [1.165, 1.54) is 38.5 Å². The average molecular weight is 263 g/mol. The van der Waals surface area contributed by atoms with E-state index in [1.54, 1.807) is 0 Å². The molecule has 0 saturated heterocycles. The van der Waals surface area contributed by atoms with Crippen LogP contribution in [0.2, 0.25) is 0 Å². The van der Waals surface area contributed by atoms with E-state index in [9.17, 15) is 4.79 Å². The third-order valence-corrected chi connectivity index (χ3v) is 3.91. The number of carboxylic acid groups (broad SMARTS) is 1. The lowest BCUT2D eigenvalue weighted by Crippen LogP contribution is -2.21. The van der Waals surface area contributed by atoms with Crippen molar-refractivity contribution in [2.45, 2.75) is 71.1 Å². The zero-order valence-electron chi connectivity index (χ0n) is 11.0. The Morgan fingerprint density at radius 3 is 2.18 bits per heavy atom. The molecule has 17 heavy (non-hydrogen) atoms. The number of carboxylic acids is 1. The van der Waals surface area contributed by atoms with Crippen LogP contribution in [0.3, 0.4) is 0 Å². The summed E-state index contributed by atoms with van der Waals surface area (Å²) in [5.41, 5.74) is 0. The van der Waals surface area contributed by atoms with Crippen molar-refractivity contribution in [3.8, 4) is 0 Å². The van der Waals surface area contributed by atoms with Crippen LogP contribution in [0.15, 0.2) is 0 Å². The maximum absolute atomic E-state index is 10.8. The van der Waals surface area contributed by atoms with Crippen LogP contribution in [0.4, 0.5) is 0 Å². The fourth-order valence-electron chi connectivity index (χ4n) is 2.73. The van der Waals surface area contributed by atoms with Crippen molar-refractivity contribution in [1.29, 1.82) is 0 Å². The molecule has 3 heteroatoms. The predicted molar refractivity (Wildman–Crippen MR) is 73.7 cm³/mol. The van der Waals surface area contributed by atoms with Crippen LogP contribution < -0.4 is 0 Å². The van der Waals surface area contributed by atoms with Crippen LogP contribution >= 0.6 is 12.4 Å². The number of halogens is 1. The molecule has 0 aliphatic heterocycles. The summed E-state index contributed by atoms with van der Waals surface area (Å²) in [5, 5.41) is 8.90. The zero-order chi connectivity index (χ0) is 11.8. The molecule has 1 aliphatic carbocycles. The van der Waals surface area contributed by atoms with Crippen molar-refractivity contribution in [3.63, 3.8) is 0 Å². The third kappa shape index (κ3) is 6.92. The molecule has 0 aromatic rings. The lowest BCUT2D eigenvalue weighted by atomic mass is 9.80. The first-order valence-electron chi connectivity index (χ1n) is 6.96. The molecule has 0 atom stereocenters. The Balaban J connectivity index is 0.00000256. The Bertz CT molecular complexity index is 198. The van der Waals surface area contributed by atoms with Gasteiger partial charge in [0.2, 0.25) is 0 Å². The molecule has 1 rings (SSSR count). The van der Waals surface area contributed by atoms with Gasteiger partial charge in [-0.25, -0.2) is 0 Å². The van der Waals surface area contributed by atoms with Crippen molar-refractivity contribution < 1.29 is 9.90 Å². The van der Waals surface area contributed by atoms with Crippen LogP contribution in [0.5, 0.6) is 0 Å². The Labute approximate surface area is 112 Å². The summed E-state index contributed by atoms with van der Waals surface area (Å²) < 4.78 is 0. The lowest BCUT2D eigenvalue weighted by Gasteiger charge is -2.25. The highest BCUT2D eigenvalue weighted by atomic mass is 35.5. The number of aliphatic carboxylic acids is 1. The molecule has 0 radical (unpaired) electrons. The van der Waals surface area contributed by atoms with Crippen LogP contribution in [-0.4, -0.2) is 11.1 Å². The highest BCUT2D eigenvalue weighted by Crippen LogP contribution is 2.32. The van der Waals surface area contributed by atoms with Gasteiger partial charge in [0.15, 0.2) is 0 Å². The van der Waals surface area contributed by atoms with Crippen molar-refractivity contribution in [3.05, 3.63) is 0 Å². The van der Waals surface area contributed by atoms with Gasteiger partial charge in [-0.3, -0.25) is 4.79 Å². The standard InChI is InChI=1S/C14H26O2.ClH/c1-2-3-4-5-6-7-12-8-10-13(11-9-12)14(15)16;/h12-13H,2-11H2,1H3,(H,15,16);1H/t12-,13-;. The third-order valence-electron chi connectivity index (χ3n) is 3.91.